The smallest absolute Gasteiger partial charge is 0.182 e. The number of aromatic nitrogens is 2. The molecule has 1 saturated carbocycles. The molecule has 23 heavy (non-hydrogen) atoms. The number of nitrogens with zero attached hydrogens (tertiary/aromatic N) is 2. The molecule has 0 aliphatic heterocycles. The van der Waals surface area contributed by atoms with Crippen LogP contribution in [-0.2, 0) is 14.6 Å². The second-order valence-corrected chi connectivity index (χ2v) is 8.52. The van der Waals surface area contributed by atoms with Crippen LogP contribution in [0.1, 0.15) is 24.8 Å². The molecule has 1 aliphatic carbocycles. The van der Waals surface area contributed by atoms with Gasteiger partial charge in [-0.05, 0) is 49.9 Å². The number of hydrogen-bond donors (Lipinski definition) is 0. The summed E-state index contributed by atoms with van der Waals surface area (Å²) in [7, 11) is -1.83. The molecular weight excluding hydrogens is 336 g/mol. The lowest BCUT2D eigenvalue weighted by atomic mass is 10.3. The van der Waals surface area contributed by atoms with Crippen molar-refractivity contribution in [1.29, 1.82) is 0 Å². The SMILES string of the molecule is CO[C@H]1CC[C@H](S(=O)(=O)c2ccc(-n3cc(C)cn3)cc2Cl)C1. The Labute approximate surface area is 141 Å². The Kier molecular flexibility index (Phi) is 4.49. The summed E-state index contributed by atoms with van der Waals surface area (Å²) in [4.78, 5) is 0.188. The van der Waals surface area contributed by atoms with Crippen LogP contribution in [0.15, 0.2) is 35.5 Å². The molecule has 0 amide bonds. The van der Waals surface area contributed by atoms with Gasteiger partial charge in [-0.15, -0.1) is 0 Å². The normalized spacial score (nSPS) is 21.7. The second-order valence-electron chi connectivity index (χ2n) is 5.91. The summed E-state index contributed by atoms with van der Waals surface area (Å²) in [5.74, 6) is 0. The number of sulfone groups is 1. The van der Waals surface area contributed by atoms with E-state index in [9.17, 15) is 8.42 Å². The first-order valence-corrected chi connectivity index (χ1v) is 9.42. The quantitative estimate of drug-likeness (QED) is 0.846. The summed E-state index contributed by atoms with van der Waals surface area (Å²) in [5, 5.41) is 4.01. The van der Waals surface area contributed by atoms with Gasteiger partial charge in [0.1, 0.15) is 0 Å². The van der Waals surface area contributed by atoms with E-state index in [0.717, 1.165) is 17.7 Å². The summed E-state index contributed by atoms with van der Waals surface area (Å²) in [6.45, 7) is 1.94. The largest absolute Gasteiger partial charge is 0.381 e. The van der Waals surface area contributed by atoms with Crippen LogP contribution in [0.5, 0.6) is 0 Å². The Morgan fingerprint density at radius 1 is 1.35 bits per heavy atom. The minimum absolute atomic E-state index is 0.0138. The number of methoxy groups -OCH3 is 1. The number of halogens is 1. The summed E-state index contributed by atoms with van der Waals surface area (Å²) in [5.41, 5.74) is 1.76. The van der Waals surface area contributed by atoms with E-state index < -0.39 is 15.1 Å². The highest BCUT2D eigenvalue weighted by Gasteiger charge is 2.36. The third-order valence-electron chi connectivity index (χ3n) is 4.31. The van der Waals surface area contributed by atoms with Crippen molar-refractivity contribution in [1.82, 2.24) is 9.78 Å². The summed E-state index contributed by atoms with van der Waals surface area (Å²) >= 11 is 6.27. The van der Waals surface area contributed by atoms with Crippen LogP contribution in [0.25, 0.3) is 5.69 Å². The van der Waals surface area contributed by atoms with E-state index in [2.05, 4.69) is 5.10 Å². The first-order valence-electron chi connectivity index (χ1n) is 7.49. The predicted molar refractivity (Wildman–Crippen MR) is 88.9 cm³/mol. The maximum atomic E-state index is 12.8. The van der Waals surface area contributed by atoms with Crippen molar-refractivity contribution in [2.75, 3.05) is 7.11 Å². The zero-order valence-corrected chi connectivity index (χ0v) is 14.6. The van der Waals surface area contributed by atoms with Gasteiger partial charge in [0.15, 0.2) is 9.84 Å². The highest BCUT2D eigenvalue weighted by molar-refractivity contribution is 7.92. The van der Waals surface area contributed by atoms with Crippen LogP contribution in [0.4, 0.5) is 0 Å². The van der Waals surface area contributed by atoms with Crippen LogP contribution < -0.4 is 0 Å². The van der Waals surface area contributed by atoms with E-state index in [1.54, 1.807) is 36.2 Å². The Bertz CT molecular complexity index is 816. The third-order valence-corrected chi connectivity index (χ3v) is 7.01. The zero-order chi connectivity index (χ0) is 16.6. The van der Waals surface area contributed by atoms with Gasteiger partial charge >= 0.3 is 0 Å². The van der Waals surface area contributed by atoms with Crippen LogP contribution in [0, 0.1) is 6.92 Å². The van der Waals surface area contributed by atoms with Gasteiger partial charge in [-0.2, -0.15) is 5.10 Å². The molecule has 0 spiro atoms. The molecule has 5 nitrogen and oxygen atoms in total. The van der Waals surface area contributed by atoms with E-state index in [1.807, 2.05) is 13.1 Å². The summed E-state index contributed by atoms with van der Waals surface area (Å²) in [6, 6.07) is 4.95. The fraction of sp³-hybridized carbons (Fsp3) is 0.438. The molecule has 0 radical (unpaired) electrons. The van der Waals surface area contributed by atoms with Crippen molar-refractivity contribution in [3.63, 3.8) is 0 Å². The maximum absolute atomic E-state index is 12.8. The van der Waals surface area contributed by atoms with Crippen molar-refractivity contribution < 1.29 is 13.2 Å². The average molecular weight is 355 g/mol. The molecule has 0 saturated heterocycles. The Morgan fingerprint density at radius 2 is 2.13 bits per heavy atom. The molecule has 3 rings (SSSR count). The van der Waals surface area contributed by atoms with Crippen molar-refractivity contribution in [2.24, 2.45) is 0 Å². The fourth-order valence-electron chi connectivity index (χ4n) is 2.99. The molecule has 0 N–H and O–H groups in total. The van der Waals surface area contributed by atoms with Crippen molar-refractivity contribution in [2.45, 2.75) is 42.4 Å². The minimum atomic E-state index is -3.45. The number of benzene rings is 1. The second kappa shape index (κ2) is 6.26. The van der Waals surface area contributed by atoms with Crippen LogP contribution in [-0.4, -0.2) is 36.7 Å². The predicted octanol–water partition coefficient (Wildman–Crippen LogP) is 3.18. The lowest BCUT2D eigenvalue weighted by molar-refractivity contribution is 0.109. The van der Waals surface area contributed by atoms with Crippen molar-refractivity contribution in [3.05, 3.63) is 41.2 Å². The molecule has 124 valence electrons. The van der Waals surface area contributed by atoms with Gasteiger partial charge in [-0.1, -0.05) is 11.6 Å². The van der Waals surface area contributed by atoms with E-state index in [0.29, 0.717) is 12.8 Å². The van der Waals surface area contributed by atoms with E-state index in [-0.39, 0.29) is 16.0 Å². The molecule has 1 aliphatic rings. The third kappa shape index (κ3) is 3.16. The molecule has 0 unspecified atom stereocenters. The van der Waals surface area contributed by atoms with Gasteiger partial charge in [0.25, 0.3) is 0 Å². The monoisotopic (exact) mass is 354 g/mol. The zero-order valence-electron chi connectivity index (χ0n) is 13.1. The number of ether oxygens (including phenoxy) is 1. The molecule has 0 bridgehead atoms. The lowest BCUT2D eigenvalue weighted by Crippen LogP contribution is -2.20. The van der Waals surface area contributed by atoms with Crippen LogP contribution >= 0.6 is 11.6 Å². The molecule has 1 aromatic heterocycles. The lowest BCUT2D eigenvalue weighted by Gasteiger charge is -2.14. The number of aryl methyl sites for hydroxylation is 1. The summed E-state index contributed by atoms with van der Waals surface area (Å²) < 4.78 is 32.6. The standard InChI is InChI=1S/C16H19ClN2O3S/c1-11-9-18-19(10-11)12-3-6-16(15(17)7-12)23(20,21)14-5-4-13(8-14)22-2/h3,6-7,9-10,13-14H,4-5,8H2,1-2H3/t13-,14-/m0/s1. The maximum Gasteiger partial charge on any atom is 0.182 e. The molecule has 2 atom stereocenters. The van der Waals surface area contributed by atoms with Crippen LogP contribution in [0.2, 0.25) is 5.02 Å². The van der Waals surface area contributed by atoms with Gasteiger partial charge < -0.3 is 4.74 Å². The van der Waals surface area contributed by atoms with E-state index in [1.165, 1.54) is 0 Å². The Balaban J connectivity index is 1.91. The molecule has 1 aromatic carbocycles. The molecular formula is C16H19ClN2O3S. The average Bonchev–Trinajstić information content (AvgIpc) is 3.15. The summed E-state index contributed by atoms with van der Waals surface area (Å²) in [6.07, 6.45) is 5.51. The minimum Gasteiger partial charge on any atom is -0.381 e. The highest BCUT2D eigenvalue weighted by atomic mass is 35.5. The van der Waals surface area contributed by atoms with Gasteiger partial charge in [-0.3, -0.25) is 0 Å². The van der Waals surface area contributed by atoms with Gasteiger partial charge in [0, 0.05) is 13.3 Å². The Hall–Kier alpha value is -1.37. The Morgan fingerprint density at radius 3 is 2.70 bits per heavy atom. The van der Waals surface area contributed by atoms with Crippen LogP contribution in [0.3, 0.4) is 0 Å². The fourth-order valence-corrected chi connectivity index (χ4v) is 5.35. The van der Waals surface area contributed by atoms with E-state index >= 15 is 0 Å². The highest BCUT2D eigenvalue weighted by Crippen LogP contribution is 2.34. The van der Waals surface area contributed by atoms with Gasteiger partial charge in [0.2, 0.25) is 0 Å². The molecule has 1 heterocycles. The first-order chi connectivity index (χ1) is 10.9. The molecule has 7 heteroatoms. The van der Waals surface area contributed by atoms with Gasteiger partial charge in [-0.25, -0.2) is 13.1 Å². The first kappa shape index (κ1) is 16.5. The van der Waals surface area contributed by atoms with E-state index in [4.69, 9.17) is 16.3 Å². The number of rotatable bonds is 4. The van der Waals surface area contributed by atoms with Gasteiger partial charge in [0.05, 0.1) is 33.2 Å². The topological polar surface area (TPSA) is 61.2 Å². The number of hydrogen-bond acceptors (Lipinski definition) is 4. The van der Waals surface area contributed by atoms with Crippen molar-refractivity contribution in [3.8, 4) is 5.69 Å². The molecule has 1 fully saturated rings. The van der Waals surface area contributed by atoms with Crippen molar-refractivity contribution >= 4 is 21.4 Å². The molecule has 2 aromatic rings.